The van der Waals surface area contributed by atoms with Crippen LogP contribution < -0.4 is 5.32 Å². The number of ether oxygens (including phenoxy) is 1. The lowest BCUT2D eigenvalue weighted by molar-refractivity contribution is 0.0878. The zero-order valence-electron chi connectivity index (χ0n) is 5.22. The second kappa shape index (κ2) is 3.58. The van der Waals surface area contributed by atoms with Crippen LogP contribution in [0.5, 0.6) is 0 Å². The Bertz CT molecular complexity index is 87.1. The maximum absolute atomic E-state index is 10.0. The van der Waals surface area contributed by atoms with Gasteiger partial charge < -0.3 is 4.74 Å². The van der Waals surface area contributed by atoms with Gasteiger partial charge in [-0.15, -0.1) is 0 Å². The van der Waals surface area contributed by atoms with E-state index >= 15 is 0 Å². The molecule has 1 fully saturated rings. The Morgan fingerprint density at radius 2 is 2.44 bits per heavy atom. The first-order valence-corrected chi connectivity index (χ1v) is 3.16. The summed E-state index contributed by atoms with van der Waals surface area (Å²) in [5.41, 5.74) is 0. The summed E-state index contributed by atoms with van der Waals surface area (Å²) in [5, 5.41) is 2.89. The first-order valence-electron chi connectivity index (χ1n) is 3.16. The van der Waals surface area contributed by atoms with Crippen molar-refractivity contribution in [1.29, 1.82) is 0 Å². The zero-order chi connectivity index (χ0) is 6.53. The summed E-state index contributed by atoms with van der Waals surface area (Å²) in [7, 11) is 0. The molecule has 1 N–H and O–H groups in total. The van der Waals surface area contributed by atoms with Crippen LogP contribution in [0.1, 0.15) is 12.8 Å². The van der Waals surface area contributed by atoms with Crippen molar-refractivity contribution in [3.63, 3.8) is 0 Å². The highest BCUT2D eigenvalue weighted by atomic mass is 16.5. The smallest absolute Gasteiger partial charge is 0.246 e. The fourth-order valence-corrected chi connectivity index (χ4v) is 0.796. The molecule has 1 saturated heterocycles. The highest BCUT2D eigenvalue weighted by molar-refractivity contribution is 5.56. The predicted molar refractivity (Wildman–Crippen MR) is 32.7 cm³/mol. The molecule has 0 aromatic heterocycles. The summed E-state index contributed by atoms with van der Waals surface area (Å²) in [6, 6.07) is 0. The molecular formula is C6H10NO2. The highest BCUT2D eigenvalue weighted by Gasteiger charge is 2.09. The van der Waals surface area contributed by atoms with Crippen LogP contribution in [0.25, 0.3) is 0 Å². The molecule has 51 valence electrons. The average molecular weight is 128 g/mol. The summed E-state index contributed by atoms with van der Waals surface area (Å²) in [6.45, 7) is 1.53. The van der Waals surface area contributed by atoms with E-state index in [1.807, 2.05) is 0 Å². The van der Waals surface area contributed by atoms with Crippen LogP contribution in [0, 0.1) is 0 Å². The van der Waals surface area contributed by atoms with Crippen molar-refractivity contribution < 1.29 is 9.53 Å². The zero-order valence-corrected chi connectivity index (χ0v) is 5.22. The SMILES string of the molecule is O=[C]C1NCCCCO1. The summed E-state index contributed by atoms with van der Waals surface area (Å²) >= 11 is 0. The minimum atomic E-state index is -0.479. The molecule has 0 spiro atoms. The van der Waals surface area contributed by atoms with Crippen LogP contribution in [-0.2, 0) is 9.53 Å². The maximum Gasteiger partial charge on any atom is 0.246 e. The van der Waals surface area contributed by atoms with Crippen molar-refractivity contribution >= 4 is 6.29 Å². The van der Waals surface area contributed by atoms with Gasteiger partial charge in [0, 0.05) is 6.61 Å². The topological polar surface area (TPSA) is 38.3 Å². The van der Waals surface area contributed by atoms with E-state index in [4.69, 9.17) is 4.74 Å². The largest absolute Gasteiger partial charge is 0.355 e. The minimum Gasteiger partial charge on any atom is -0.355 e. The summed E-state index contributed by atoms with van der Waals surface area (Å²) in [6.07, 6.45) is 3.40. The van der Waals surface area contributed by atoms with Crippen LogP contribution in [0.4, 0.5) is 0 Å². The van der Waals surface area contributed by atoms with Gasteiger partial charge in [-0.3, -0.25) is 10.1 Å². The Balaban J connectivity index is 2.26. The molecule has 0 aromatic carbocycles. The maximum atomic E-state index is 10.0. The lowest BCUT2D eigenvalue weighted by Gasteiger charge is -2.05. The van der Waals surface area contributed by atoms with E-state index in [-0.39, 0.29) is 0 Å². The summed E-state index contributed by atoms with van der Waals surface area (Å²) in [5.74, 6) is 0. The molecule has 0 aromatic rings. The molecule has 1 heterocycles. The molecule has 1 rings (SSSR count). The predicted octanol–water partition coefficient (Wildman–Crippen LogP) is -0.178. The van der Waals surface area contributed by atoms with E-state index < -0.39 is 6.23 Å². The normalized spacial score (nSPS) is 29.1. The van der Waals surface area contributed by atoms with Gasteiger partial charge in [0.15, 0.2) is 6.23 Å². The van der Waals surface area contributed by atoms with Gasteiger partial charge in [-0.2, -0.15) is 0 Å². The third-order valence-electron chi connectivity index (χ3n) is 1.29. The molecule has 1 aliphatic rings. The van der Waals surface area contributed by atoms with Crippen molar-refractivity contribution in [2.45, 2.75) is 19.1 Å². The number of rotatable bonds is 1. The first-order chi connectivity index (χ1) is 4.43. The highest BCUT2D eigenvalue weighted by Crippen LogP contribution is 1.96. The molecule has 9 heavy (non-hydrogen) atoms. The van der Waals surface area contributed by atoms with Gasteiger partial charge in [0.2, 0.25) is 6.29 Å². The molecule has 0 saturated carbocycles. The molecule has 0 aliphatic carbocycles. The second-order valence-corrected chi connectivity index (χ2v) is 2.03. The van der Waals surface area contributed by atoms with E-state index in [9.17, 15) is 4.79 Å². The lowest BCUT2D eigenvalue weighted by atomic mass is 10.3. The minimum absolute atomic E-state index is 0.479. The molecule has 1 unspecified atom stereocenters. The lowest BCUT2D eigenvalue weighted by Crippen LogP contribution is -2.31. The fraction of sp³-hybridized carbons (Fsp3) is 0.833. The van der Waals surface area contributed by atoms with Crippen LogP contribution in [0.3, 0.4) is 0 Å². The fourth-order valence-electron chi connectivity index (χ4n) is 0.796. The standard InChI is InChI=1S/C6H10NO2/c8-5-6-7-3-1-2-4-9-6/h6-7H,1-4H2. The Morgan fingerprint density at radius 1 is 1.56 bits per heavy atom. The van der Waals surface area contributed by atoms with E-state index in [2.05, 4.69) is 5.32 Å². The quantitative estimate of drug-likeness (QED) is 0.532. The van der Waals surface area contributed by atoms with Gasteiger partial charge in [-0.25, -0.2) is 0 Å². The molecule has 0 bridgehead atoms. The molecule has 3 nitrogen and oxygen atoms in total. The molecule has 1 atom stereocenters. The van der Waals surface area contributed by atoms with Crippen LogP contribution in [0.15, 0.2) is 0 Å². The van der Waals surface area contributed by atoms with Gasteiger partial charge in [0.25, 0.3) is 0 Å². The molecular weight excluding hydrogens is 118 g/mol. The number of nitrogens with one attached hydrogen (secondary N) is 1. The second-order valence-electron chi connectivity index (χ2n) is 2.03. The summed E-state index contributed by atoms with van der Waals surface area (Å²) in [4.78, 5) is 10.0. The molecule has 3 heteroatoms. The Morgan fingerprint density at radius 3 is 3.22 bits per heavy atom. The number of hydrogen-bond donors (Lipinski definition) is 1. The van der Waals surface area contributed by atoms with Gasteiger partial charge in [0.1, 0.15) is 0 Å². The first kappa shape index (κ1) is 6.71. The van der Waals surface area contributed by atoms with Gasteiger partial charge >= 0.3 is 0 Å². The van der Waals surface area contributed by atoms with Gasteiger partial charge in [-0.05, 0) is 19.4 Å². The third-order valence-corrected chi connectivity index (χ3v) is 1.29. The summed E-state index contributed by atoms with van der Waals surface area (Å²) < 4.78 is 5.02. The van der Waals surface area contributed by atoms with Crippen molar-refractivity contribution in [3.05, 3.63) is 0 Å². The molecule has 1 radical (unpaired) electrons. The van der Waals surface area contributed by atoms with E-state index in [0.717, 1.165) is 19.4 Å². The average Bonchev–Trinajstić information content (AvgIpc) is 2.13. The van der Waals surface area contributed by atoms with Gasteiger partial charge in [-0.1, -0.05) is 0 Å². The van der Waals surface area contributed by atoms with Gasteiger partial charge in [0.05, 0.1) is 0 Å². The van der Waals surface area contributed by atoms with Crippen LogP contribution in [-0.4, -0.2) is 25.7 Å². The van der Waals surface area contributed by atoms with Crippen molar-refractivity contribution in [2.24, 2.45) is 0 Å². The van der Waals surface area contributed by atoms with Crippen LogP contribution in [0.2, 0.25) is 0 Å². The van der Waals surface area contributed by atoms with E-state index in [1.54, 1.807) is 6.29 Å². The molecule has 0 amide bonds. The monoisotopic (exact) mass is 128 g/mol. The van der Waals surface area contributed by atoms with E-state index in [0.29, 0.717) is 6.61 Å². The number of carbonyl (C=O) groups excluding carboxylic acids is 1. The van der Waals surface area contributed by atoms with Crippen molar-refractivity contribution in [1.82, 2.24) is 5.32 Å². The van der Waals surface area contributed by atoms with Crippen LogP contribution >= 0.6 is 0 Å². The Hall–Kier alpha value is -0.410. The van der Waals surface area contributed by atoms with Crippen molar-refractivity contribution in [3.8, 4) is 0 Å². The van der Waals surface area contributed by atoms with Crippen molar-refractivity contribution in [2.75, 3.05) is 13.2 Å². The third kappa shape index (κ3) is 2.11. The molecule has 1 aliphatic heterocycles. The number of hydrogen-bond acceptors (Lipinski definition) is 3. The van der Waals surface area contributed by atoms with E-state index in [1.165, 1.54) is 0 Å². The Labute approximate surface area is 54.4 Å². The Kier molecular flexibility index (Phi) is 2.67.